The minimum Gasteiger partial charge on any atom is -0.339 e. The summed E-state index contributed by atoms with van der Waals surface area (Å²) in [6.07, 6.45) is 0. The Kier molecular flexibility index (Phi) is 3.41. The van der Waals surface area contributed by atoms with Crippen molar-refractivity contribution in [2.45, 2.75) is 0 Å². The first-order valence-electron chi connectivity index (χ1n) is 5.43. The second-order valence-electron chi connectivity index (χ2n) is 3.90. The maximum absolute atomic E-state index is 13.5. The van der Waals surface area contributed by atoms with E-state index in [9.17, 15) is 18.9 Å². The molecule has 0 fully saturated rings. The fourth-order valence-corrected chi connectivity index (χ4v) is 1.78. The van der Waals surface area contributed by atoms with E-state index in [4.69, 9.17) is 0 Å². The summed E-state index contributed by atoms with van der Waals surface area (Å²) >= 11 is 0. The van der Waals surface area contributed by atoms with Gasteiger partial charge >= 0.3 is 5.69 Å². The Labute approximate surface area is 108 Å². The van der Waals surface area contributed by atoms with Gasteiger partial charge in [0.25, 0.3) is 0 Å². The molecule has 4 nitrogen and oxygen atoms in total. The van der Waals surface area contributed by atoms with Crippen LogP contribution in [0.2, 0.25) is 0 Å². The molecule has 0 aromatic heterocycles. The van der Waals surface area contributed by atoms with E-state index in [1.807, 2.05) is 0 Å². The highest BCUT2D eigenvalue weighted by molar-refractivity contribution is 5.71. The number of para-hydroxylation sites is 1. The van der Waals surface area contributed by atoms with Crippen molar-refractivity contribution < 1.29 is 13.7 Å². The van der Waals surface area contributed by atoms with Crippen LogP contribution in [0, 0.1) is 21.7 Å². The minimum atomic E-state index is -0.925. The van der Waals surface area contributed by atoms with E-state index in [1.54, 1.807) is 6.07 Å². The molecule has 0 heterocycles. The van der Waals surface area contributed by atoms with Gasteiger partial charge < -0.3 is 4.90 Å². The maximum atomic E-state index is 13.5. The molecule has 0 amide bonds. The van der Waals surface area contributed by atoms with Crippen molar-refractivity contribution in [3.63, 3.8) is 0 Å². The molecule has 6 heteroatoms. The van der Waals surface area contributed by atoms with Crippen molar-refractivity contribution in [1.82, 2.24) is 0 Å². The molecule has 0 N–H and O–H groups in total. The van der Waals surface area contributed by atoms with Crippen LogP contribution >= 0.6 is 0 Å². The van der Waals surface area contributed by atoms with Crippen molar-refractivity contribution in [3.05, 3.63) is 64.2 Å². The molecular formula is C13H10F2N2O2. The summed E-state index contributed by atoms with van der Waals surface area (Å²) in [7, 11) is 1.51. The Hall–Kier alpha value is -2.50. The standard InChI is InChI=1S/C13H10F2N2O2/c1-16(10-5-2-4-9(14)8-10)12-7-3-6-11(15)13(12)17(18)19/h2-8H,1H3. The van der Waals surface area contributed by atoms with E-state index in [0.29, 0.717) is 5.69 Å². The van der Waals surface area contributed by atoms with Crippen LogP contribution in [0.25, 0.3) is 0 Å². The van der Waals surface area contributed by atoms with E-state index in [2.05, 4.69) is 0 Å². The predicted molar refractivity (Wildman–Crippen MR) is 67.5 cm³/mol. The van der Waals surface area contributed by atoms with Gasteiger partial charge in [0.15, 0.2) is 0 Å². The van der Waals surface area contributed by atoms with Crippen molar-refractivity contribution in [3.8, 4) is 0 Å². The van der Waals surface area contributed by atoms with Gasteiger partial charge in [-0.1, -0.05) is 12.1 Å². The number of rotatable bonds is 3. The number of anilines is 2. The predicted octanol–water partition coefficient (Wildman–Crippen LogP) is 3.64. The molecule has 0 saturated heterocycles. The minimum absolute atomic E-state index is 0.0654. The normalized spacial score (nSPS) is 10.3. The van der Waals surface area contributed by atoms with Crippen molar-refractivity contribution >= 4 is 17.1 Å². The molecule has 0 aliphatic rings. The summed E-state index contributed by atoms with van der Waals surface area (Å²) in [5, 5.41) is 10.9. The lowest BCUT2D eigenvalue weighted by Crippen LogP contribution is -2.12. The number of benzene rings is 2. The van der Waals surface area contributed by atoms with Crippen molar-refractivity contribution in [2.75, 3.05) is 11.9 Å². The molecule has 2 rings (SSSR count). The number of hydrogen-bond donors (Lipinski definition) is 0. The van der Waals surface area contributed by atoms with E-state index in [0.717, 1.165) is 6.07 Å². The van der Waals surface area contributed by atoms with Crippen LogP contribution in [0.4, 0.5) is 25.8 Å². The van der Waals surface area contributed by atoms with Crippen LogP contribution in [0.3, 0.4) is 0 Å². The Bertz CT molecular complexity index is 632. The molecule has 0 aliphatic carbocycles. The summed E-state index contributed by atoms with van der Waals surface area (Å²) in [6, 6.07) is 9.33. The van der Waals surface area contributed by atoms with Crippen LogP contribution in [0.1, 0.15) is 0 Å². The summed E-state index contributed by atoms with van der Waals surface area (Å²) in [6.45, 7) is 0. The van der Waals surface area contributed by atoms with Crippen LogP contribution in [0.15, 0.2) is 42.5 Å². The lowest BCUT2D eigenvalue weighted by atomic mass is 10.2. The third-order valence-corrected chi connectivity index (χ3v) is 2.70. The smallest absolute Gasteiger partial charge is 0.328 e. The number of nitro groups is 1. The Morgan fingerprint density at radius 3 is 2.47 bits per heavy atom. The zero-order valence-electron chi connectivity index (χ0n) is 10.0. The Morgan fingerprint density at radius 1 is 1.16 bits per heavy atom. The third-order valence-electron chi connectivity index (χ3n) is 2.70. The second-order valence-corrected chi connectivity index (χ2v) is 3.90. The van der Waals surface area contributed by atoms with Gasteiger partial charge in [-0.05, 0) is 30.3 Å². The van der Waals surface area contributed by atoms with Crippen molar-refractivity contribution in [2.24, 2.45) is 0 Å². The number of nitro benzene ring substituents is 1. The van der Waals surface area contributed by atoms with E-state index in [1.165, 1.54) is 42.3 Å². The number of nitrogens with zero attached hydrogens (tertiary/aromatic N) is 2. The third kappa shape index (κ3) is 2.52. The van der Waals surface area contributed by atoms with E-state index < -0.39 is 22.2 Å². The monoisotopic (exact) mass is 264 g/mol. The van der Waals surface area contributed by atoms with Gasteiger partial charge in [0, 0.05) is 12.7 Å². The summed E-state index contributed by atoms with van der Waals surface area (Å²) in [5.74, 6) is -1.39. The highest BCUT2D eigenvalue weighted by Gasteiger charge is 2.23. The van der Waals surface area contributed by atoms with Gasteiger partial charge in [-0.3, -0.25) is 10.1 Å². The molecule has 98 valence electrons. The fourth-order valence-electron chi connectivity index (χ4n) is 1.78. The Morgan fingerprint density at radius 2 is 1.84 bits per heavy atom. The van der Waals surface area contributed by atoms with E-state index in [-0.39, 0.29) is 5.69 Å². The number of hydrogen-bond acceptors (Lipinski definition) is 3. The van der Waals surface area contributed by atoms with Crippen molar-refractivity contribution in [1.29, 1.82) is 0 Å². The van der Waals surface area contributed by atoms with Gasteiger partial charge in [-0.2, -0.15) is 4.39 Å². The SMILES string of the molecule is CN(c1cccc(F)c1)c1cccc(F)c1[N+](=O)[O-]. The topological polar surface area (TPSA) is 46.4 Å². The van der Waals surface area contributed by atoms with Gasteiger partial charge in [-0.25, -0.2) is 4.39 Å². The van der Waals surface area contributed by atoms with Crippen LogP contribution in [0.5, 0.6) is 0 Å². The Balaban J connectivity index is 2.53. The fraction of sp³-hybridized carbons (Fsp3) is 0.0769. The molecular weight excluding hydrogens is 254 g/mol. The maximum Gasteiger partial charge on any atom is 0.328 e. The molecule has 0 bridgehead atoms. The lowest BCUT2D eigenvalue weighted by molar-refractivity contribution is -0.386. The number of halogens is 2. The zero-order chi connectivity index (χ0) is 14.0. The second kappa shape index (κ2) is 5.01. The van der Waals surface area contributed by atoms with Crippen LogP contribution in [-0.4, -0.2) is 12.0 Å². The molecule has 0 unspecified atom stereocenters. The zero-order valence-corrected chi connectivity index (χ0v) is 10.0. The first-order chi connectivity index (χ1) is 9.00. The largest absolute Gasteiger partial charge is 0.339 e. The van der Waals surface area contributed by atoms with Gasteiger partial charge in [0.1, 0.15) is 11.5 Å². The molecule has 0 radical (unpaired) electrons. The summed E-state index contributed by atoms with van der Waals surface area (Å²) in [5.41, 5.74) is -0.168. The first-order valence-corrected chi connectivity index (χ1v) is 5.43. The average Bonchev–Trinajstić information content (AvgIpc) is 2.37. The van der Waals surface area contributed by atoms with Gasteiger partial charge in [0.2, 0.25) is 5.82 Å². The molecule has 19 heavy (non-hydrogen) atoms. The van der Waals surface area contributed by atoms with Crippen LogP contribution < -0.4 is 4.90 Å². The molecule has 0 atom stereocenters. The van der Waals surface area contributed by atoms with Gasteiger partial charge in [0.05, 0.1) is 4.92 Å². The summed E-state index contributed by atoms with van der Waals surface area (Å²) in [4.78, 5) is 11.5. The highest BCUT2D eigenvalue weighted by Crippen LogP contribution is 2.34. The summed E-state index contributed by atoms with van der Waals surface area (Å²) < 4.78 is 26.7. The van der Waals surface area contributed by atoms with Crippen LogP contribution in [-0.2, 0) is 0 Å². The molecule has 0 spiro atoms. The lowest BCUT2D eigenvalue weighted by Gasteiger charge is -2.19. The van der Waals surface area contributed by atoms with Gasteiger partial charge in [-0.15, -0.1) is 0 Å². The molecule has 2 aromatic rings. The van der Waals surface area contributed by atoms with E-state index >= 15 is 0 Å². The molecule has 0 saturated carbocycles. The first kappa shape index (κ1) is 12.9. The molecule has 2 aromatic carbocycles. The average molecular weight is 264 g/mol. The molecule has 0 aliphatic heterocycles. The quantitative estimate of drug-likeness (QED) is 0.628. The highest BCUT2D eigenvalue weighted by atomic mass is 19.1.